The van der Waals surface area contributed by atoms with Gasteiger partial charge in [0.1, 0.15) is 11.8 Å². The predicted octanol–water partition coefficient (Wildman–Crippen LogP) is 2.48. The van der Waals surface area contributed by atoms with E-state index >= 15 is 0 Å². The lowest BCUT2D eigenvalue weighted by molar-refractivity contribution is -0.147. The number of fused-ring (bicyclic) bond motifs is 1. The molecule has 1 aromatic carbocycles. The quantitative estimate of drug-likeness (QED) is 0.726. The summed E-state index contributed by atoms with van der Waals surface area (Å²) in [5, 5.41) is 3.86. The van der Waals surface area contributed by atoms with Crippen LogP contribution in [0.25, 0.3) is 10.9 Å². The molecule has 2 heterocycles. The van der Waals surface area contributed by atoms with Gasteiger partial charge in [-0.1, -0.05) is 13.8 Å². The summed E-state index contributed by atoms with van der Waals surface area (Å²) in [7, 11) is 2.97. The van der Waals surface area contributed by atoms with Crippen LogP contribution in [0.2, 0.25) is 0 Å². The fourth-order valence-electron chi connectivity index (χ4n) is 3.76. The molecule has 0 aliphatic carbocycles. The van der Waals surface area contributed by atoms with Crippen molar-refractivity contribution < 1.29 is 19.1 Å². The largest absolute Gasteiger partial charge is 0.497 e. The van der Waals surface area contributed by atoms with E-state index < -0.39 is 12.0 Å². The highest BCUT2D eigenvalue weighted by atomic mass is 16.5. The summed E-state index contributed by atoms with van der Waals surface area (Å²) in [6, 6.07) is 5.16. The van der Waals surface area contributed by atoms with E-state index in [0.717, 1.165) is 22.3 Å². The Morgan fingerprint density at radius 3 is 2.47 bits per heavy atom. The number of piperidine rings is 1. The number of methoxy groups -OCH3 is 2. The molecule has 1 fully saturated rings. The highest BCUT2D eigenvalue weighted by Crippen LogP contribution is 2.26. The van der Waals surface area contributed by atoms with Crippen molar-refractivity contribution in [1.29, 1.82) is 0 Å². The van der Waals surface area contributed by atoms with Crippen molar-refractivity contribution in [3.63, 3.8) is 0 Å². The lowest BCUT2D eigenvalue weighted by Crippen LogP contribution is -2.49. The third kappa shape index (κ3) is 4.63. The van der Waals surface area contributed by atoms with Gasteiger partial charge in [0.25, 0.3) is 0 Å². The number of hydrogen-bond donors (Lipinski definition) is 1. The summed E-state index contributed by atoms with van der Waals surface area (Å²) in [4.78, 5) is 36.1. The molecular formula is C22H30N4O4. The van der Waals surface area contributed by atoms with Crippen molar-refractivity contribution in [1.82, 2.24) is 15.3 Å². The number of anilines is 1. The summed E-state index contributed by atoms with van der Waals surface area (Å²) in [5.41, 5.74) is 1.75. The van der Waals surface area contributed by atoms with Crippen LogP contribution in [0.4, 0.5) is 5.95 Å². The predicted molar refractivity (Wildman–Crippen MR) is 115 cm³/mol. The molecule has 0 saturated carbocycles. The topological polar surface area (TPSA) is 93.7 Å². The lowest BCUT2D eigenvalue weighted by atomic mass is 9.94. The van der Waals surface area contributed by atoms with Crippen LogP contribution in [-0.2, 0) is 14.3 Å². The van der Waals surface area contributed by atoms with Crippen molar-refractivity contribution in [2.24, 2.45) is 11.8 Å². The van der Waals surface area contributed by atoms with Gasteiger partial charge < -0.3 is 19.7 Å². The van der Waals surface area contributed by atoms with Crippen LogP contribution in [0.15, 0.2) is 18.2 Å². The highest BCUT2D eigenvalue weighted by molar-refractivity contribution is 5.86. The van der Waals surface area contributed by atoms with Crippen LogP contribution >= 0.6 is 0 Å². The number of nitrogens with one attached hydrogen (secondary N) is 1. The molecule has 1 N–H and O–H groups in total. The fourth-order valence-corrected chi connectivity index (χ4v) is 3.76. The molecule has 162 valence electrons. The molecule has 8 nitrogen and oxygen atoms in total. The summed E-state index contributed by atoms with van der Waals surface area (Å²) >= 11 is 0. The minimum atomic E-state index is -0.623. The van der Waals surface area contributed by atoms with Gasteiger partial charge in [-0.15, -0.1) is 0 Å². The van der Waals surface area contributed by atoms with Gasteiger partial charge in [0.05, 0.1) is 25.4 Å². The Kier molecular flexibility index (Phi) is 6.74. The van der Waals surface area contributed by atoms with Gasteiger partial charge in [0.15, 0.2) is 0 Å². The molecule has 3 rings (SSSR count). The zero-order valence-electron chi connectivity index (χ0n) is 18.3. The van der Waals surface area contributed by atoms with E-state index in [-0.39, 0.29) is 17.7 Å². The fraction of sp³-hybridized carbons (Fsp3) is 0.545. The molecule has 0 spiro atoms. The van der Waals surface area contributed by atoms with E-state index in [2.05, 4.69) is 15.2 Å². The minimum Gasteiger partial charge on any atom is -0.497 e. The smallest absolute Gasteiger partial charge is 0.328 e. The molecule has 0 radical (unpaired) electrons. The van der Waals surface area contributed by atoms with Crippen molar-refractivity contribution in [2.75, 3.05) is 32.2 Å². The molecule has 1 amide bonds. The van der Waals surface area contributed by atoms with Crippen molar-refractivity contribution in [3.8, 4) is 5.75 Å². The number of ether oxygens (including phenoxy) is 2. The number of amides is 1. The first-order valence-corrected chi connectivity index (χ1v) is 10.3. The number of hydrogen-bond acceptors (Lipinski definition) is 7. The molecular weight excluding hydrogens is 384 g/mol. The maximum Gasteiger partial charge on any atom is 0.328 e. The maximum absolute atomic E-state index is 12.7. The molecule has 2 aromatic rings. The van der Waals surface area contributed by atoms with Crippen LogP contribution in [0.5, 0.6) is 5.75 Å². The Morgan fingerprint density at radius 2 is 1.87 bits per heavy atom. The second-order valence-corrected chi connectivity index (χ2v) is 8.01. The molecule has 1 atom stereocenters. The average Bonchev–Trinajstić information content (AvgIpc) is 2.76. The van der Waals surface area contributed by atoms with Crippen LogP contribution in [0, 0.1) is 18.8 Å². The number of nitrogens with zero attached hydrogens (tertiary/aromatic N) is 3. The summed E-state index contributed by atoms with van der Waals surface area (Å²) in [5.74, 6) is 0.737. The second-order valence-electron chi connectivity index (χ2n) is 8.01. The Hall–Kier alpha value is -2.90. The Morgan fingerprint density at radius 1 is 1.17 bits per heavy atom. The zero-order valence-corrected chi connectivity index (χ0v) is 18.3. The van der Waals surface area contributed by atoms with Gasteiger partial charge >= 0.3 is 5.97 Å². The van der Waals surface area contributed by atoms with Crippen molar-refractivity contribution in [3.05, 3.63) is 23.9 Å². The van der Waals surface area contributed by atoms with Gasteiger partial charge in [0, 0.05) is 30.5 Å². The zero-order chi connectivity index (χ0) is 21.8. The second kappa shape index (κ2) is 9.28. The number of benzene rings is 1. The summed E-state index contributed by atoms with van der Waals surface area (Å²) in [6.45, 7) is 7.10. The molecule has 1 aliphatic rings. The van der Waals surface area contributed by atoms with Gasteiger partial charge in [-0.3, -0.25) is 4.79 Å². The van der Waals surface area contributed by atoms with Crippen LogP contribution in [0.1, 0.15) is 32.4 Å². The van der Waals surface area contributed by atoms with Gasteiger partial charge in [-0.25, -0.2) is 14.8 Å². The van der Waals surface area contributed by atoms with Gasteiger partial charge in [0.2, 0.25) is 11.9 Å². The molecule has 1 aromatic heterocycles. The van der Waals surface area contributed by atoms with E-state index in [1.54, 1.807) is 7.11 Å². The van der Waals surface area contributed by atoms with Crippen LogP contribution in [-0.4, -0.2) is 55.2 Å². The molecule has 8 heteroatoms. The minimum absolute atomic E-state index is 0.0348. The Balaban J connectivity index is 1.68. The van der Waals surface area contributed by atoms with Crippen molar-refractivity contribution >= 4 is 28.7 Å². The molecule has 0 unspecified atom stereocenters. The third-order valence-electron chi connectivity index (χ3n) is 5.65. The van der Waals surface area contributed by atoms with E-state index in [0.29, 0.717) is 31.9 Å². The molecule has 1 aliphatic heterocycles. The average molecular weight is 415 g/mol. The standard InChI is InChI=1S/C22H30N4O4/c1-13(2)19(21(28)30-5)25-20(27)15-8-10-26(11-9-15)22-23-14(3)17-7-6-16(29-4)12-18(17)24-22/h6-7,12-13,15,19H,8-11H2,1-5H3,(H,25,27)/t19-/m0/s1. The van der Waals surface area contributed by atoms with E-state index in [1.165, 1.54) is 7.11 Å². The number of carbonyl (C=O) groups is 2. The number of carbonyl (C=O) groups excluding carboxylic acids is 2. The van der Waals surface area contributed by atoms with Crippen molar-refractivity contribution in [2.45, 2.75) is 39.7 Å². The summed E-state index contributed by atoms with van der Waals surface area (Å²) in [6.07, 6.45) is 1.35. The highest BCUT2D eigenvalue weighted by Gasteiger charge is 2.31. The first-order valence-electron chi connectivity index (χ1n) is 10.3. The number of aryl methyl sites for hydroxylation is 1. The third-order valence-corrected chi connectivity index (χ3v) is 5.65. The number of esters is 1. The van der Waals surface area contributed by atoms with Gasteiger partial charge in [-0.2, -0.15) is 0 Å². The first-order chi connectivity index (χ1) is 14.3. The Bertz CT molecular complexity index is 923. The normalized spacial score (nSPS) is 15.9. The first kappa shape index (κ1) is 21.8. The van der Waals surface area contributed by atoms with Crippen LogP contribution < -0.4 is 15.0 Å². The molecule has 0 bridgehead atoms. The van der Waals surface area contributed by atoms with Gasteiger partial charge in [-0.05, 0) is 37.8 Å². The number of rotatable bonds is 6. The van der Waals surface area contributed by atoms with E-state index in [4.69, 9.17) is 14.5 Å². The SMILES string of the molecule is COC(=O)[C@@H](NC(=O)C1CCN(c2nc(C)c3ccc(OC)cc3n2)CC1)C(C)C. The molecule has 1 saturated heterocycles. The molecule has 30 heavy (non-hydrogen) atoms. The number of aromatic nitrogens is 2. The Labute approximate surface area is 177 Å². The van der Waals surface area contributed by atoms with Crippen LogP contribution in [0.3, 0.4) is 0 Å². The monoisotopic (exact) mass is 414 g/mol. The van der Waals surface area contributed by atoms with E-state index in [1.807, 2.05) is 39.0 Å². The van der Waals surface area contributed by atoms with E-state index in [9.17, 15) is 9.59 Å². The maximum atomic E-state index is 12.7. The lowest BCUT2D eigenvalue weighted by Gasteiger charge is -2.32. The summed E-state index contributed by atoms with van der Waals surface area (Å²) < 4.78 is 10.1.